The van der Waals surface area contributed by atoms with E-state index in [4.69, 9.17) is 14.2 Å². The number of ether oxygens (including phenoxy) is 3. The Kier molecular flexibility index (Phi) is 5.05. The molecular weight excluding hydrogens is 372 g/mol. The van der Waals surface area contributed by atoms with Crippen LogP contribution < -0.4 is 19.5 Å². The first-order valence-corrected chi connectivity index (χ1v) is 9.62. The minimum Gasteiger partial charge on any atom is -0.497 e. The second kappa shape index (κ2) is 7.66. The molecule has 2 aliphatic rings. The van der Waals surface area contributed by atoms with Crippen molar-refractivity contribution in [2.24, 2.45) is 0 Å². The maximum absolute atomic E-state index is 13.1. The summed E-state index contributed by atoms with van der Waals surface area (Å²) in [5.41, 5.74) is 0.361. The summed E-state index contributed by atoms with van der Waals surface area (Å²) >= 11 is 0. The van der Waals surface area contributed by atoms with Gasteiger partial charge < -0.3 is 24.4 Å². The number of nitrogens with one attached hydrogen (secondary N) is 1. The van der Waals surface area contributed by atoms with Gasteiger partial charge in [0.15, 0.2) is 0 Å². The van der Waals surface area contributed by atoms with E-state index in [-0.39, 0.29) is 11.8 Å². The van der Waals surface area contributed by atoms with Gasteiger partial charge in [-0.05, 0) is 43.2 Å². The Balaban J connectivity index is 1.60. The Hall–Kier alpha value is -3.22. The van der Waals surface area contributed by atoms with E-state index in [1.165, 1.54) is 0 Å². The number of methoxy groups -OCH3 is 2. The lowest BCUT2D eigenvalue weighted by Gasteiger charge is -2.42. The zero-order chi connectivity index (χ0) is 20.4. The van der Waals surface area contributed by atoms with Crippen LogP contribution in [-0.4, -0.2) is 56.2 Å². The predicted octanol–water partition coefficient (Wildman–Crippen LogP) is 2.50. The Morgan fingerprint density at radius 3 is 2.72 bits per heavy atom. The quantitative estimate of drug-likeness (QED) is 0.863. The fourth-order valence-corrected chi connectivity index (χ4v) is 3.95. The van der Waals surface area contributed by atoms with E-state index in [0.29, 0.717) is 48.0 Å². The predicted molar refractivity (Wildman–Crippen MR) is 107 cm³/mol. The van der Waals surface area contributed by atoms with E-state index in [1.807, 2.05) is 6.07 Å². The van der Waals surface area contributed by atoms with Gasteiger partial charge in [-0.25, -0.2) is 0 Å². The monoisotopic (exact) mass is 396 g/mol. The SMILES string of the molecule is COc1cccc(C(=O)N2CCCC3(CNC(=O)c4ccc(OC)cc4O3)C2)c1. The van der Waals surface area contributed by atoms with E-state index in [1.54, 1.807) is 55.5 Å². The highest BCUT2D eigenvalue weighted by atomic mass is 16.5. The number of amides is 2. The molecule has 0 aliphatic carbocycles. The summed E-state index contributed by atoms with van der Waals surface area (Å²) in [6.45, 7) is 1.37. The minimum absolute atomic E-state index is 0.0759. The zero-order valence-electron chi connectivity index (χ0n) is 16.6. The number of hydrogen-bond donors (Lipinski definition) is 1. The van der Waals surface area contributed by atoms with Gasteiger partial charge in [0, 0.05) is 18.2 Å². The highest BCUT2D eigenvalue weighted by Crippen LogP contribution is 2.34. The average molecular weight is 396 g/mol. The standard InChI is InChI=1S/C22H24N2O5/c1-27-16-6-3-5-15(11-16)21(26)24-10-4-9-22(14-24)13-23-20(25)18-8-7-17(28-2)12-19(18)29-22/h3,5-8,11-12H,4,9-10,13-14H2,1-2H3,(H,23,25). The summed E-state index contributed by atoms with van der Waals surface area (Å²) in [5, 5.41) is 2.95. The maximum atomic E-state index is 13.1. The van der Waals surface area contributed by atoms with Gasteiger partial charge in [0.1, 0.15) is 22.8 Å². The van der Waals surface area contributed by atoms with E-state index in [2.05, 4.69) is 5.32 Å². The molecule has 7 nitrogen and oxygen atoms in total. The van der Waals surface area contributed by atoms with Gasteiger partial charge >= 0.3 is 0 Å². The first-order valence-electron chi connectivity index (χ1n) is 9.62. The molecule has 2 aliphatic heterocycles. The molecular formula is C22H24N2O5. The normalized spacial score (nSPS) is 20.9. The van der Waals surface area contributed by atoms with Crippen molar-refractivity contribution in [2.45, 2.75) is 18.4 Å². The number of hydrogen-bond acceptors (Lipinski definition) is 5. The molecule has 4 rings (SSSR count). The minimum atomic E-state index is -0.681. The Morgan fingerprint density at radius 2 is 1.93 bits per heavy atom. The van der Waals surface area contributed by atoms with Crippen LogP contribution in [0.2, 0.25) is 0 Å². The fourth-order valence-electron chi connectivity index (χ4n) is 3.95. The zero-order valence-corrected chi connectivity index (χ0v) is 16.6. The number of rotatable bonds is 3. The van der Waals surface area contributed by atoms with Crippen molar-refractivity contribution in [3.63, 3.8) is 0 Å². The topological polar surface area (TPSA) is 77.1 Å². The third-order valence-corrected chi connectivity index (χ3v) is 5.47. The first-order chi connectivity index (χ1) is 14.0. The number of fused-ring (bicyclic) bond motifs is 1. The van der Waals surface area contributed by atoms with Crippen LogP contribution in [-0.2, 0) is 0 Å². The molecule has 0 saturated carbocycles. The van der Waals surface area contributed by atoms with E-state index in [0.717, 1.165) is 12.8 Å². The summed E-state index contributed by atoms with van der Waals surface area (Å²) in [6, 6.07) is 12.3. The molecule has 1 spiro atoms. The fraction of sp³-hybridized carbons (Fsp3) is 0.364. The van der Waals surface area contributed by atoms with Crippen LogP contribution in [0.1, 0.15) is 33.6 Å². The molecule has 1 atom stereocenters. The van der Waals surface area contributed by atoms with Gasteiger partial charge in [0.25, 0.3) is 11.8 Å². The summed E-state index contributed by atoms with van der Waals surface area (Å²) in [4.78, 5) is 27.4. The van der Waals surface area contributed by atoms with Crippen LogP contribution in [0.15, 0.2) is 42.5 Å². The van der Waals surface area contributed by atoms with Crippen molar-refractivity contribution in [2.75, 3.05) is 33.9 Å². The molecule has 1 unspecified atom stereocenters. The summed E-state index contributed by atoms with van der Waals surface area (Å²) in [5.74, 6) is 1.48. The molecule has 1 fully saturated rings. The molecule has 1 saturated heterocycles. The van der Waals surface area contributed by atoms with Crippen LogP contribution in [0.3, 0.4) is 0 Å². The van der Waals surface area contributed by atoms with Crippen molar-refractivity contribution >= 4 is 11.8 Å². The molecule has 29 heavy (non-hydrogen) atoms. The molecule has 2 amide bonds. The van der Waals surface area contributed by atoms with Gasteiger partial charge in [-0.3, -0.25) is 9.59 Å². The van der Waals surface area contributed by atoms with Crippen LogP contribution in [0.25, 0.3) is 0 Å². The molecule has 7 heteroatoms. The first kappa shape index (κ1) is 19.1. The number of nitrogens with zero attached hydrogens (tertiary/aromatic N) is 1. The number of benzene rings is 2. The molecule has 152 valence electrons. The maximum Gasteiger partial charge on any atom is 0.255 e. The number of carbonyl (C=O) groups is 2. The van der Waals surface area contributed by atoms with Crippen LogP contribution in [0, 0.1) is 0 Å². The molecule has 1 N–H and O–H groups in total. The van der Waals surface area contributed by atoms with Gasteiger partial charge in [-0.2, -0.15) is 0 Å². The van der Waals surface area contributed by atoms with E-state index >= 15 is 0 Å². The van der Waals surface area contributed by atoms with Gasteiger partial charge in [-0.15, -0.1) is 0 Å². The Labute approximate surface area is 169 Å². The summed E-state index contributed by atoms with van der Waals surface area (Å²) in [6.07, 6.45) is 1.52. The summed E-state index contributed by atoms with van der Waals surface area (Å²) < 4.78 is 16.9. The third-order valence-electron chi connectivity index (χ3n) is 5.47. The molecule has 0 aromatic heterocycles. The molecule has 2 aromatic rings. The number of carbonyl (C=O) groups excluding carboxylic acids is 2. The lowest BCUT2D eigenvalue weighted by atomic mass is 9.91. The van der Waals surface area contributed by atoms with Crippen molar-refractivity contribution in [1.82, 2.24) is 10.2 Å². The van der Waals surface area contributed by atoms with E-state index in [9.17, 15) is 9.59 Å². The van der Waals surface area contributed by atoms with Crippen LogP contribution in [0.5, 0.6) is 17.2 Å². The smallest absolute Gasteiger partial charge is 0.255 e. The average Bonchev–Trinajstić information content (AvgIpc) is 2.89. The molecule has 0 bridgehead atoms. The van der Waals surface area contributed by atoms with Crippen molar-refractivity contribution in [1.29, 1.82) is 0 Å². The Bertz CT molecular complexity index is 945. The van der Waals surface area contributed by atoms with Crippen molar-refractivity contribution in [3.05, 3.63) is 53.6 Å². The molecule has 2 heterocycles. The molecule has 2 aromatic carbocycles. The van der Waals surface area contributed by atoms with Gasteiger partial charge in [0.2, 0.25) is 0 Å². The Morgan fingerprint density at radius 1 is 1.14 bits per heavy atom. The highest BCUT2D eigenvalue weighted by molar-refractivity contribution is 5.98. The second-order valence-corrected chi connectivity index (χ2v) is 7.39. The van der Waals surface area contributed by atoms with Crippen molar-refractivity contribution in [3.8, 4) is 17.2 Å². The van der Waals surface area contributed by atoms with Crippen molar-refractivity contribution < 1.29 is 23.8 Å². The number of piperidine rings is 1. The lowest BCUT2D eigenvalue weighted by molar-refractivity contribution is -0.000965. The second-order valence-electron chi connectivity index (χ2n) is 7.39. The van der Waals surface area contributed by atoms with E-state index < -0.39 is 5.60 Å². The summed E-state index contributed by atoms with van der Waals surface area (Å²) in [7, 11) is 3.15. The largest absolute Gasteiger partial charge is 0.497 e. The lowest BCUT2D eigenvalue weighted by Crippen LogP contribution is -2.57. The molecule has 0 radical (unpaired) electrons. The third kappa shape index (κ3) is 3.72. The van der Waals surface area contributed by atoms with Crippen LogP contribution >= 0.6 is 0 Å². The van der Waals surface area contributed by atoms with Gasteiger partial charge in [-0.1, -0.05) is 6.07 Å². The van der Waals surface area contributed by atoms with Gasteiger partial charge in [0.05, 0.1) is 32.9 Å². The number of likely N-dealkylation sites (tertiary alicyclic amines) is 1. The highest BCUT2D eigenvalue weighted by Gasteiger charge is 2.42. The van der Waals surface area contributed by atoms with Crippen LogP contribution in [0.4, 0.5) is 0 Å².